The summed E-state index contributed by atoms with van der Waals surface area (Å²) in [6, 6.07) is 11.7. The number of aliphatic hydroxyl groups is 1. The number of hydrogen-bond acceptors (Lipinski definition) is 3. The molecule has 100 valence electrons. The van der Waals surface area contributed by atoms with E-state index in [0.29, 0.717) is 0 Å². The molecule has 2 aromatic rings. The lowest BCUT2D eigenvalue weighted by Gasteiger charge is -2.22. The Morgan fingerprint density at radius 2 is 1.89 bits per heavy atom. The van der Waals surface area contributed by atoms with Gasteiger partial charge in [-0.2, -0.15) is 0 Å². The first kappa shape index (κ1) is 13.0. The van der Waals surface area contributed by atoms with E-state index in [0.717, 1.165) is 27.8 Å². The highest BCUT2D eigenvalue weighted by Gasteiger charge is 2.51. The Hall–Kier alpha value is -1.03. The minimum atomic E-state index is -0.474. The second-order valence-electron chi connectivity index (χ2n) is 4.93. The van der Waals surface area contributed by atoms with Crippen LogP contribution >= 0.6 is 22.9 Å². The zero-order chi connectivity index (χ0) is 13.5. The Balaban J connectivity index is 1.89. The molecule has 0 spiro atoms. The van der Waals surface area contributed by atoms with Crippen LogP contribution in [0.3, 0.4) is 0 Å². The number of hydrogen-bond donors (Lipinski definition) is 1. The third-order valence-electron chi connectivity index (χ3n) is 3.84. The van der Waals surface area contributed by atoms with Crippen molar-refractivity contribution < 1.29 is 9.84 Å². The molecule has 1 heterocycles. The summed E-state index contributed by atoms with van der Waals surface area (Å²) in [5, 5.41) is 10.6. The van der Waals surface area contributed by atoms with E-state index >= 15 is 0 Å². The quantitative estimate of drug-likeness (QED) is 0.917. The summed E-state index contributed by atoms with van der Waals surface area (Å²) in [6.45, 7) is 0. The SMILES string of the molecule is COc1ccc(C2(C(O)c3ccc(Cl)s3)CC2)cc1. The summed E-state index contributed by atoms with van der Waals surface area (Å²) in [6.07, 6.45) is 1.55. The molecule has 1 atom stereocenters. The average Bonchev–Trinajstić information content (AvgIpc) is 3.14. The average molecular weight is 295 g/mol. The van der Waals surface area contributed by atoms with Gasteiger partial charge < -0.3 is 9.84 Å². The lowest BCUT2D eigenvalue weighted by Crippen LogP contribution is -2.17. The second-order valence-corrected chi connectivity index (χ2v) is 6.68. The fraction of sp³-hybridized carbons (Fsp3) is 0.333. The van der Waals surface area contributed by atoms with Gasteiger partial charge in [0.2, 0.25) is 0 Å². The van der Waals surface area contributed by atoms with Gasteiger partial charge in [0.15, 0.2) is 0 Å². The van der Waals surface area contributed by atoms with E-state index in [1.807, 2.05) is 36.4 Å². The Labute approximate surface area is 121 Å². The van der Waals surface area contributed by atoms with Crippen molar-refractivity contribution in [1.29, 1.82) is 0 Å². The number of methoxy groups -OCH3 is 1. The Morgan fingerprint density at radius 3 is 2.37 bits per heavy atom. The molecule has 19 heavy (non-hydrogen) atoms. The number of ether oxygens (including phenoxy) is 1. The molecule has 0 saturated heterocycles. The molecule has 1 N–H and O–H groups in total. The highest BCUT2D eigenvalue weighted by molar-refractivity contribution is 7.16. The summed E-state index contributed by atoms with van der Waals surface area (Å²) >= 11 is 7.41. The van der Waals surface area contributed by atoms with Crippen LogP contribution in [0.25, 0.3) is 0 Å². The lowest BCUT2D eigenvalue weighted by molar-refractivity contribution is 0.136. The molecular weight excluding hydrogens is 280 g/mol. The first-order valence-corrected chi connectivity index (χ1v) is 7.43. The molecule has 1 saturated carbocycles. The molecule has 0 bridgehead atoms. The van der Waals surface area contributed by atoms with E-state index in [9.17, 15) is 5.11 Å². The van der Waals surface area contributed by atoms with Crippen molar-refractivity contribution in [3.05, 3.63) is 51.2 Å². The standard InChI is InChI=1S/C15H15ClO2S/c1-18-11-4-2-10(3-5-11)15(8-9-15)14(17)12-6-7-13(16)19-12/h2-7,14,17H,8-9H2,1H3. The summed E-state index contributed by atoms with van der Waals surface area (Å²) in [5.41, 5.74) is 1.03. The molecule has 1 fully saturated rings. The van der Waals surface area contributed by atoms with Gasteiger partial charge in [0, 0.05) is 10.3 Å². The smallest absolute Gasteiger partial charge is 0.118 e. The maximum Gasteiger partial charge on any atom is 0.118 e. The van der Waals surface area contributed by atoms with Crippen LogP contribution in [0.4, 0.5) is 0 Å². The predicted octanol–water partition coefficient (Wildman–Crippen LogP) is 4.18. The monoisotopic (exact) mass is 294 g/mol. The van der Waals surface area contributed by atoms with Crippen molar-refractivity contribution in [2.24, 2.45) is 0 Å². The Bertz CT molecular complexity index is 572. The molecule has 3 rings (SSSR count). The van der Waals surface area contributed by atoms with E-state index in [2.05, 4.69) is 0 Å². The third kappa shape index (κ3) is 2.27. The number of aliphatic hydroxyl groups excluding tert-OH is 1. The number of rotatable bonds is 4. The highest BCUT2D eigenvalue weighted by atomic mass is 35.5. The first-order chi connectivity index (χ1) is 9.15. The van der Waals surface area contributed by atoms with Crippen molar-refractivity contribution in [3.63, 3.8) is 0 Å². The Morgan fingerprint density at radius 1 is 1.21 bits per heavy atom. The van der Waals surface area contributed by atoms with Gasteiger partial charge in [0.05, 0.1) is 17.6 Å². The van der Waals surface area contributed by atoms with Gasteiger partial charge in [-0.1, -0.05) is 23.7 Å². The summed E-state index contributed by atoms with van der Waals surface area (Å²) in [5.74, 6) is 0.841. The second kappa shape index (κ2) is 4.82. The number of benzene rings is 1. The van der Waals surface area contributed by atoms with Crippen molar-refractivity contribution in [2.75, 3.05) is 7.11 Å². The molecule has 0 amide bonds. The van der Waals surface area contributed by atoms with E-state index in [1.54, 1.807) is 7.11 Å². The summed E-state index contributed by atoms with van der Waals surface area (Å²) < 4.78 is 5.89. The minimum Gasteiger partial charge on any atom is -0.497 e. The van der Waals surface area contributed by atoms with Gasteiger partial charge in [-0.25, -0.2) is 0 Å². The van der Waals surface area contributed by atoms with Crippen LogP contribution in [0.1, 0.15) is 29.4 Å². The van der Waals surface area contributed by atoms with E-state index in [-0.39, 0.29) is 5.41 Å². The molecule has 2 nitrogen and oxygen atoms in total. The van der Waals surface area contributed by atoms with Gasteiger partial charge in [-0.15, -0.1) is 11.3 Å². The number of thiophene rings is 1. The highest BCUT2D eigenvalue weighted by Crippen LogP contribution is 2.57. The summed E-state index contributed by atoms with van der Waals surface area (Å²) in [7, 11) is 1.66. The van der Waals surface area contributed by atoms with Gasteiger partial charge in [0.1, 0.15) is 5.75 Å². The molecule has 1 aromatic heterocycles. The van der Waals surface area contributed by atoms with Crippen LogP contribution in [0.2, 0.25) is 4.34 Å². The lowest BCUT2D eigenvalue weighted by atomic mass is 9.89. The van der Waals surface area contributed by atoms with Crippen molar-refractivity contribution in [2.45, 2.75) is 24.4 Å². The van der Waals surface area contributed by atoms with E-state index < -0.39 is 6.10 Å². The van der Waals surface area contributed by atoms with Crippen LogP contribution in [0.15, 0.2) is 36.4 Å². The third-order valence-corrected chi connectivity index (χ3v) is 5.12. The molecule has 1 unspecified atom stereocenters. The number of halogens is 1. The van der Waals surface area contributed by atoms with Crippen LogP contribution in [0, 0.1) is 0 Å². The van der Waals surface area contributed by atoms with Gasteiger partial charge in [-0.3, -0.25) is 0 Å². The molecular formula is C15H15ClO2S. The molecule has 1 aliphatic rings. The van der Waals surface area contributed by atoms with Crippen LogP contribution in [-0.2, 0) is 5.41 Å². The van der Waals surface area contributed by atoms with Crippen molar-refractivity contribution in [1.82, 2.24) is 0 Å². The van der Waals surface area contributed by atoms with Crippen molar-refractivity contribution in [3.8, 4) is 5.75 Å². The van der Waals surface area contributed by atoms with Gasteiger partial charge in [0.25, 0.3) is 0 Å². The minimum absolute atomic E-state index is 0.138. The molecule has 1 aliphatic carbocycles. The maximum atomic E-state index is 10.6. The van der Waals surface area contributed by atoms with Gasteiger partial charge in [-0.05, 0) is 42.7 Å². The first-order valence-electron chi connectivity index (χ1n) is 6.23. The van der Waals surface area contributed by atoms with Gasteiger partial charge >= 0.3 is 0 Å². The molecule has 1 aromatic carbocycles. The van der Waals surface area contributed by atoms with Crippen LogP contribution in [0.5, 0.6) is 5.75 Å². The van der Waals surface area contributed by atoms with E-state index in [1.165, 1.54) is 16.9 Å². The molecule has 0 aliphatic heterocycles. The van der Waals surface area contributed by atoms with Crippen LogP contribution < -0.4 is 4.74 Å². The predicted molar refractivity (Wildman–Crippen MR) is 78.2 cm³/mol. The normalized spacial score (nSPS) is 18.1. The molecule has 0 radical (unpaired) electrons. The van der Waals surface area contributed by atoms with Crippen molar-refractivity contribution >= 4 is 22.9 Å². The largest absolute Gasteiger partial charge is 0.497 e. The fourth-order valence-corrected chi connectivity index (χ4v) is 3.69. The Kier molecular flexibility index (Phi) is 3.29. The summed E-state index contributed by atoms with van der Waals surface area (Å²) in [4.78, 5) is 0.943. The zero-order valence-electron chi connectivity index (χ0n) is 10.6. The van der Waals surface area contributed by atoms with E-state index in [4.69, 9.17) is 16.3 Å². The van der Waals surface area contributed by atoms with Crippen LogP contribution in [-0.4, -0.2) is 12.2 Å². The molecule has 4 heteroatoms. The fourth-order valence-electron chi connectivity index (χ4n) is 2.53. The maximum absolute atomic E-state index is 10.6. The zero-order valence-corrected chi connectivity index (χ0v) is 12.2. The topological polar surface area (TPSA) is 29.5 Å².